The Hall–Kier alpha value is -0.600. The van der Waals surface area contributed by atoms with Crippen LogP contribution in [0.5, 0.6) is 0 Å². The van der Waals surface area contributed by atoms with E-state index in [-0.39, 0.29) is 7.53 Å². The fourth-order valence-corrected chi connectivity index (χ4v) is 0.804. The van der Waals surface area contributed by atoms with E-state index in [0.717, 1.165) is 31.7 Å². The molecule has 0 aliphatic carbocycles. The van der Waals surface area contributed by atoms with Crippen LogP contribution < -0.4 is 5.32 Å². The van der Waals surface area contributed by atoms with E-state index in [0.29, 0.717) is 0 Å². The highest BCUT2D eigenvalue weighted by atomic mass is 16.5. The molecule has 0 aromatic carbocycles. The van der Waals surface area contributed by atoms with Gasteiger partial charge in [-0.3, -0.25) is 0 Å². The third-order valence-corrected chi connectivity index (χ3v) is 1.85. The summed E-state index contributed by atoms with van der Waals surface area (Å²) in [6.45, 7) is 14.1. The van der Waals surface area contributed by atoms with E-state index in [4.69, 9.17) is 4.74 Å². The maximum Gasteiger partial charge on any atom is 0.0751 e. The highest BCUT2D eigenvalue weighted by Gasteiger charge is 2.00. The first-order valence-corrected chi connectivity index (χ1v) is 4.77. The highest BCUT2D eigenvalue weighted by Crippen LogP contribution is 2.01. The van der Waals surface area contributed by atoms with E-state index in [9.17, 15) is 0 Å². The molecule has 0 radical (unpaired) electrons. The average molecular weight is 185 g/mol. The van der Waals surface area contributed by atoms with E-state index in [2.05, 4.69) is 18.5 Å². The molecule has 0 aromatic heterocycles. The summed E-state index contributed by atoms with van der Waals surface area (Å²) in [5, 5.41) is 3.22. The molecule has 0 heterocycles. The maximum atomic E-state index is 5.52. The minimum absolute atomic E-state index is 0. The van der Waals surface area contributed by atoms with Crippen LogP contribution >= 0.6 is 0 Å². The van der Waals surface area contributed by atoms with Gasteiger partial charge in [-0.15, -0.1) is 6.58 Å². The second-order valence-corrected chi connectivity index (χ2v) is 3.21. The first-order chi connectivity index (χ1) is 6.18. The van der Waals surface area contributed by atoms with Gasteiger partial charge in [-0.1, -0.05) is 18.2 Å². The second-order valence-electron chi connectivity index (χ2n) is 3.21. The Balaban J connectivity index is 0. The molecule has 78 valence electrons. The molecule has 0 rings (SSSR count). The Kier molecular flexibility index (Phi) is 7.65. The first kappa shape index (κ1) is 12.4. The van der Waals surface area contributed by atoms with Crippen LogP contribution in [-0.2, 0) is 4.74 Å². The van der Waals surface area contributed by atoms with Crippen molar-refractivity contribution in [3.05, 3.63) is 24.8 Å². The second kappa shape index (κ2) is 8.02. The summed E-state index contributed by atoms with van der Waals surface area (Å²) < 4.78 is 5.52. The van der Waals surface area contributed by atoms with Gasteiger partial charge in [0, 0.05) is 14.6 Å². The van der Waals surface area contributed by atoms with Gasteiger partial charge in [-0.05, 0) is 26.8 Å². The van der Waals surface area contributed by atoms with Crippen molar-refractivity contribution in [1.82, 2.24) is 5.32 Å². The molecule has 0 amide bonds. The van der Waals surface area contributed by atoms with Crippen LogP contribution in [0.25, 0.3) is 0 Å². The van der Waals surface area contributed by atoms with Gasteiger partial charge in [-0.25, -0.2) is 0 Å². The topological polar surface area (TPSA) is 21.3 Å². The molecule has 2 nitrogen and oxygen atoms in total. The predicted octanol–water partition coefficient (Wildman–Crippen LogP) is 2.38. The summed E-state index contributed by atoms with van der Waals surface area (Å²) in [6, 6.07) is 0. The number of ether oxygens (including phenoxy) is 1. The van der Waals surface area contributed by atoms with Gasteiger partial charge in [0.2, 0.25) is 0 Å². The summed E-state index contributed by atoms with van der Waals surface area (Å²) in [6.07, 6.45) is 3.07. The van der Waals surface area contributed by atoms with Crippen LogP contribution in [0.1, 0.15) is 21.7 Å². The van der Waals surface area contributed by atoms with Gasteiger partial charge in [0.15, 0.2) is 0 Å². The summed E-state index contributed by atoms with van der Waals surface area (Å²) in [7, 11) is 0. The molecule has 0 saturated carbocycles. The maximum absolute atomic E-state index is 5.52. The van der Waals surface area contributed by atoms with Crippen molar-refractivity contribution in [2.75, 3.05) is 19.7 Å². The number of rotatable bonds is 8. The molecule has 1 N–H and O–H groups in total. The summed E-state index contributed by atoms with van der Waals surface area (Å²) >= 11 is 0. The fraction of sp³-hybridized carbons (Fsp3) is 0.636. The van der Waals surface area contributed by atoms with Crippen molar-refractivity contribution in [2.45, 2.75) is 26.4 Å². The normalized spacial score (nSPS) is 12.5. The van der Waals surface area contributed by atoms with Gasteiger partial charge in [0.1, 0.15) is 0 Å². The zero-order valence-electron chi connectivity index (χ0n) is 8.81. The minimum atomic E-state index is 0. The summed E-state index contributed by atoms with van der Waals surface area (Å²) in [4.78, 5) is 0. The smallest absolute Gasteiger partial charge is 0.0751 e. The number of hydrogen-bond acceptors (Lipinski definition) is 2. The molecule has 2 heteroatoms. The molecule has 0 bridgehead atoms. The van der Waals surface area contributed by atoms with E-state index < -0.39 is 0 Å². The van der Waals surface area contributed by atoms with Gasteiger partial charge in [-0.2, -0.15) is 0 Å². The fourth-order valence-electron chi connectivity index (χ4n) is 0.804. The van der Waals surface area contributed by atoms with Gasteiger partial charge in [0.25, 0.3) is 0 Å². The number of nitrogens with one attached hydrogen (secondary N) is 1. The van der Waals surface area contributed by atoms with E-state index >= 15 is 0 Å². The third-order valence-electron chi connectivity index (χ3n) is 1.85. The van der Waals surface area contributed by atoms with Crippen molar-refractivity contribution in [3.8, 4) is 0 Å². The lowest BCUT2D eigenvalue weighted by atomic mass is 10.2. The molecular weight excluding hydrogens is 162 g/mol. The Labute approximate surface area is 83.2 Å². The Morgan fingerprint density at radius 3 is 2.92 bits per heavy atom. The standard InChI is InChI=1S/C11H21NO.H2/c1-5-7-12-8-6-9-13-11(4)10(2)3;/h5,11-12H,1-2,6-9H2,3-4H3;1H. The van der Waals surface area contributed by atoms with Crippen LogP contribution in [0.3, 0.4) is 0 Å². The Morgan fingerprint density at radius 2 is 2.38 bits per heavy atom. The molecule has 0 aliphatic heterocycles. The van der Waals surface area contributed by atoms with Crippen LogP contribution in [0.2, 0.25) is 0 Å². The quantitative estimate of drug-likeness (QED) is 0.463. The lowest BCUT2D eigenvalue weighted by Gasteiger charge is -2.12. The average Bonchev–Trinajstić information content (AvgIpc) is 2.10. The van der Waals surface area contributed by atoms with Crippen molar-refractivity contribution >= 4 is 0 Å². The molecule has 0 aliphatic rings. The van der Waals surface area contributed by atoms with Crippen LogP contribution in [-0.4, -0.2) is 25.8 Å². The molecule has 13 heavy (non-hydrogen) atoms. The molecule has 0 spiro atoms. The molecular formula is C11H23NO. The highest BCUT2D eigenvalue weighted by molar-refractivity contribution is 4.95. The van der Waals surface area contributed by atoms with Crippen molar-refractivity contribution in [2.24, 2.45) is 0 Å². The van der Waals surface area contributed by atoms with E-state index in [1.807, 2.05) is 19.9 Å². The Morgan fingerprint density at radius 1 is 1.69 bits per heavy atom. The molecule has 0 saturated heterocycles. The Bertz CT molecular complexity index is 159. The van der Waals surface area contributed by atoms with Gasteiger partial charge < -0.3 is 10.1 Å². The molecule has 1 atom stereocenters. The monoisotopic (exact) mass is 185 g/mol. The van der Waals surface area contributed by atoms with E-state index in [1.54, 1.807) is 0 Å². The zero-order chi connectivity index (χ0) is 10.1. The van der Waals surface area contributed by atoms with Crippen molar-refractivity contribution in [1.29, 1.82) is 0 Å². The lowest BCUT2D eigenvalue weighted by Crippen LogP contribution is -2.18. The minimum Gasteiger partial charge on any atom is -0.374 e. The number of hydrogen-bond donors (Lipinski definition) is 1. The van der Waals surface area contributed by atoms with Gasteiger partial charge >= 0.3 is 0 Å². The zero-order valence-corrected chi connectivity index (χ0v) is 8.81. The van der Waals surface area contributed by atoms with Crippen LogP contribution in [0.15, 0.2) is 24.8 Å². The lowest BCUT2D eigenvalue weighted by molar-refractivity contribution is 0.0884. The predicted molar refractivity (Wildman–Crippen MR) is 60.0 cm³/mol. The van der Waals surface area contributed by atoms with E-state index in [1.165, 1.54) is 0 Å². The molecule has 1 unspecified atom stereocenters. The van der Waals surface area contributed by atoms with Crippen molar-refractivity contribution in [3.63, 3.8) is 0 Å². The third kappa shape index (κ3) is 7.75. The summed E-state index contributed by atoms with van der Waals surface area (Å²) in [5.74, 6) is 0. The van der Waals surface area contributed by atoms with Crippen LogP contribution in [0, 0.1) is 0 Å². The summed E-state index contributed by atoms with van der Waals surface area (Å²) in [5.41, 5.74) is 1.08. The van der Waals surface area contributed by atoms with Gasteiger partial charge in [0.05, 0.1) is 6.10 Å². The largest absolute Gasteiger partial charge is 0.374 e. The first-order valence-electron chi connectivity index (χ1n) is 4.77. The molecule has 0 fully saturated rings. The molecule has 0 aromatic rings. The van der Waals surface area contributed by atoms with Crippen LogP contribution in [0.4, 0.5) is 0 Å². The SMILES string of the molecule is C=CCNCCCOC(C)C(=C)C.[HH]. The van der Waals surface area contributed by atoms with Crippen molar-refractivity contribution < 1.29 is 6.16 Å².